The van der Waals surface area contributed by atoms with Crippen molar-refractivity contribution in [2.45, 2.75) is 13.5 Å². The molecule has 0 saturated carbocycles. The van der Waals surface area contributed by atoms with Crippen LogP contribution >= 0.6 is 0 Å². The summed E-state index contributed by atoms with van der Waals surface area (Å²) in [7, 11) is 1.64. The number of hydrogen-bond donors (Lipinski definition) is 1. The van der Waals surface area contributed by atoms with E-state index in [9.17, 15) is 0 Å². The molecular weight excluding hydrogens is 356 g/mol. The summed E-state index contributed by atoms with van der Waals surface area (Å²) < 4.78 is 16.2. The van der Waals surface area contributed by atoms with E-state index >= 15 is 0 Å². The van der Waals surface area contributed by atoms with Crippen molar-refractivity contribution in [1.29, 1.82) is 0 Å². The summed E-state index contributed by atoms with van der Waals surface area (Å²) in [6.07, 6.45) is 0. The lowest BCUT2D eigenvalue weighted by Gasteiger charge is -2.23. The molecule has 0 bridgehead atoms. The average Bonchev–Trinajstić information content (AvgIpc) is 3.19. The molecule has 28 heavy (non-hydrogen) atoms. The number of nitrogens with two attached hydrogens (primary N) is 1. The molecule has 4 rings (SSSR count). The molecule has 0 saturated heterocycles. The van der Waals surface area contributed by atoms with Crippen LogP contribution in [0.15, 0.2) is 48.5 Å². The van der Waals surface area contributed by atoms with Gasteiger partial charge in [0.15, 0.2) is 11.5 Å². The van der Waals surface area contributed by atoms with Crippen molar-refractivity contribution in [3.8, 4) is 28.5 Å². The van der Waals surface area contributed by atoms with Crippen LogP contribution in [0.1, 0.15) is 12.5 Å². The minimum Gasteiger partial charge on any atom is -0.497 e. The first kappa shape index (κ1) is 17.9. The van der Waals surface area contributed by atoms with Crippen LogP contribution in [0.2, 0.25) is 0 Å². The molecule has 2 aromatic carbocycles. The summed E-state index contributed by atoms with van der Waals surface area (Å²) >= 11 is 0. The Morgan fingerprint density at radius 2 is 1.93 bits per heavy atom. The fourth-order valence-corrected chi connectivity index (χ4v) is 3.16. The SMILES string of the molecule is CCN(Cc1ccc2c(c1)OCO2)c1cc(-c2cccc(OC)c2)nc(N)n1. The molecule has 7 heteroatoms. The predicted octanol–water partition coefficient (Wildman–Crippen LogP) is 3.49. The van der Waals surface area contributed by atoms with Crippen LogP contribution in [0.3, 0.4) is 0 Å². The molecule has 0 amide bonds. The molecule has 1 aliphatic heterocycles. The maximum absolute atomic E-state index is 6.01. The van der Waals surface area contributed by atoms with E-state index in [2.05, 4.69) is 21.8 Å². The molecule has 0 spiro atoms. The van der Waals surface area contributed by atoms with E-state index in [1.54, 1.807) is 7.11 Å². The van der Waals surface area contributed by atoms with Crippen LogP contribution in [0.25, 0.3) is 11.3 Å². The topological polar surface area (TPSA) is 82.7 Å². The van der Waals surface area contributed by atoms with Gasteiger partial charge in [-0.1, -0.05) is 18.2 Å². The minimum atomic E-state index is 0.236. The van der Waals surface area contributed by atoms with Gasteiger partial charge in [-0.2, -0.15) is 4.98 Å². The van der Waals surface area contributed by atoms with Crippen LogP contribution in [-0.4, -0.2) is 30.4 Å². The zero-order valence-electron chi connectivity index (χ0n) is 15.9. The Balaban J connectivity index is 1.63. The van der Waals surface area contributed by atoms with Crippen molar-refractivity contribution in [1.82, 2.24) is 9.97 Å². The van der Waals surface area contributed by atoms with Crippen LogP contribution in [0.4, 0.5) is 11.8 Å². The first-order valence-electron chi connectivity index (χ1n) is 9.08. The lowest BCUT2D eigenvalue weighted by atomic mass is 10.1. The number of rotatable bonds is 6. The standard InChI is InChI=1S/C21H22N4O3/c1-3-25(12-14-7-8-18-19(9-14)28-13-27-18)20-11-17(23-21(22)24-20)15-5-4-6-16(10-15)26-2/h4-11H,3,12-13H2,1-2H3,(H2,22,23,24). The van der Waals surface area contributed by atoms with Crippen molar-refractivity contribution in [2.75, 3.05) is 31.1 Å². The number of hydrogen-bond acceptors (Lipinski definition) is 7. The molecule has 0 fully saturated rings. The minimum absolute atomic E-state index is 0.236. The third kappa shape index (κ3) is 3.64. The Kier molecular flexibility index (Phi) is 4.89. The van der Waals surface area contributed by atoms with Crippen LogP contribution in [0.5, 0.6) is 17.2 Å². The average molecular weight is 378 g/mol. The van der Waals surface area contributed by atoms with Crippen molar-refractivity contribution in [3.63, 3.8) is 0 Å². The first-order valence-corrected chi connectivity index (χ1v) is 9.08. The Hall–Kier alpha value is -3.48. The molecule has 3 aromatic rings. The molecule has 2 N–H and O–H groups in total. The van der Waals surface area contributed by atoms with Gasteiger partial charge in [0.25, 0.3) is 0 Å². The molecule has 0 unspecified atom stereocenters. The Bertz CT molecular complexity index is 993. The number of ether oxygens (including phenoxy) is 3. The van der Waals surface area contributed by atoms with Gasteiger partial charge in [0, 0.05) is 24.7 Å². The fraction of sp³-hybridized carbons (Fsp3) is 0.238. The maximum atomic E-state index is 6.01. The summed E-state index contributed by atoms with van der Waals surface area (Å²) in [5.74, 6) is 3.32. The number of methoxy groups -OCH3 is 1. The molecule has 1 aromatic heterocycles. The second kappa shape index (κ2) is 7.64. The highest BCUT2D eigenvalue weighted by atomic mass is 16.7. The van der Waals surface area contributed by atoms with Gasteiger partial charge in [-0.15, -0.1) is 0 Å². The van der Waals surface area contributed by atoms with E-state index in [1.165, 1.54) is 0 Å². The second-order valence-corrected chi connectivity index (χ2v) is 6.40. The summed E-state index contributed by atoms with van der Waals surface area (Å²) in [6, 6.07) is 15.6. The Labute approximate surface area is 163 Å². The van der Waals surface area contributed by atoms with E-state index in [1.807, 2.05) is 48.5 Å². The van der Waals surface area contributed by atoms with Gasteiger partial charge in [-0.05, 0) is 36.8 Å². The van der Waals surface area contributed by atoms with Gasteiger partial charge in [-0.3, -0.25) is 0 Å². The van der Waals surface area contributed by atoms with Gasteiger partial charge in [0.05, 0.1) is 12.8 Å². The van der Waals surface area contributed by atoms with Crippen molar-refractivity contribution in [3.05, 3.63) is 54.1 Å². The van der Waals surface area contributed by atoms with Crippen molar-refractivity contribution in [2.24, 2.45) is 0 Å². The summed E-state index contributed by atoms with van der Waals surface area (Å²) in [5.41, 5.74) is 8.79. The van der Waals surface area contributed by atoms with Gasteiger partial charge in [0.2, 0.25) is 12.7 Å². The van der Waals surface area contributed by atoms with Crippen molar-refractivity contribution >= 4 is 11.8 Å². The largest absolute Gasteiger partial charge is 0.497 e. The van der Waals surface area contributed by atoms with Gasteiger partial charge in [-0.25, -0.2) is 4.98 Å². The number of fused-ring (bicyclic) bond motifs is 1. The number of aromatic nitrogens is 2. The van der Waals surface area contributed by atoms with Gasteiger partial charge >= 0.3 is 0 Å². The number of anilines is 2. The van der Waals surface area contributed by atoms with E-state index < -0.39 is 0 Å². The highest BCUT2D eigenvalue weighted by molar-refractivity contribution is 5.66. The molecule has 0 aliphatic carbocycles. The third-order valence-corrected chi connectivity index (χ3v) is 4.61. The summed E-state index contributed by atoms with van der Waals surface area (Å²) in [6.45, 7) is 3.78. The lowest BCUT2D eigenvalue weighted by molar-refractivity contribution is 0.174. The number of nitrogens with zero attached hydrogens (tertiary/aromatic N) is 3. The lowest BCUT2D eigenvalue weighted by Crippen LogP contribution is -2.23. The molecule has 0 atom stereocenters. The molecule has 2 heterocycles. The van der Waals surface area contributed by atoms with Crippen LogP contribution in [0, 0.1) is 0 Å². The van der Waals surface area contributed by atoms with Gasteiger partial charge < -0.3 is 24.8 Å². The second-order valence-electron chi connectivity index (χ2n) is 6.40. The Morgan fingerprint density at radius 1 is 1.07 bits per heavy atom. The normalized spacial score (nSPS) is 12.1. The summed E-state index contributed by atoms with van der Waals surface area (Å²) in [5, 5.41) is 0. The monoisotopic (exact) mass is 378 g/mol. The zero-order chi connectivity index (χ0) is 19.5. The van der Waals surface area contributed by atoms with Gasteiger partial charge in [0.1, 0.15) is 11.6 Å². The fourth-order valence-electron chi connectivity index (χ4n) is 3.16. The third-order valence-electron chi connectivity index (χ3n) is 4.61. The highest BCUT2D eigenvalue weighted by Gasteiger charge is 2.16. The Morgan fingerprint density at radius 3 is 2.75 bits per heavy atom. The number of nitrogen functional groups attached to an aromatic ring is 1. The first-order chi connectivity index (χ1) is 13.7. The highest BCUT2D eigenvalue weighted by Crippen LogP contribution is 2.33. The molecule has 1 aliphatic rings. The molecular formula is C21H22N4O3. The summed E-state index contributed by atoms with van der Waals surface area (Å²) in [4.78, 5) is 11.0. The number of benzene rings is 2. The molecule has 0 radical (unpaired) electrons. The van der Waals surface area contributed by atoms with Crippen LogP contribution < -0.4 is 24.8 Å². The van der Waals surface area contributed by atoms with E-state index in [0.29, 0.717) is 6.54 Å². The predicted molar refractivity (Wildman–Crippen MR) is 108 cm³/mol. The van der Waals surface area contributed by atoms with E-state index in [4.69, 9.17) is 19.9 Å². The molecule has 144 valence electrons. The van der Waals surface area contributed by atoms with Crippen molar-refractivity contribution < 1.29 is 14.2 Å². The smallest absolute Gasteiger partial charge is 0.231 e. The molecule has 7 nitrogen and oxygen atoms in total. The maximum Gasteiger partial charge on any atom is 0.231 e. The van der Waals surface area contributed by atoms with E-state index in [0.717, 1.165) is 46.4 Å². The quantitative estimate of drug-likeness (QED) is 0.703. The van der Waals surface area contributed by atoms with Crippen LogP contribution in [-0.2, 0) is 6.54 Å². The van der Waals surface area contributed by atoms with E-state index in [-0.39, 0.29) is 12.7 Å². The zero-order valence-corrected chi connectivity index (χ0v) is 15.9.